The Labute approximate surface area is 141 Å². The summed E-state index contributed by atoms with van der Waals surface area (Å²) in [4.78, 5) is 14.5. The predicted octanol–water partition coefficient (Wildman–Crippen LogP) is 2.56. The maximum atomic E-state index is 12.8. The number of carbonyl (C=O) groups excluding carboxylic acids is 1. The second-order valence-corrected chi connectivity index (χ2v) is 5.82. The maximum absolute atomic E-state index is 12.8. The Balaban J connectivity index is 1.74. The molecule has 0 spiro atoms. The van der Waals surface area contributed by atoms with Gasteiger partial charge in [0.05, 0.1) is 13.2 Å². The Morgan fingerprint density at radius 1 is 1.17 bits per heavy atom. The molecule has 5 nitrogen and oxygen atoms in total. The molecule has 1 heterocycles. The number of para-hydroxylation sites is 1. The number of rotatable bonds is 4. The molecular weight excluding hydrogens is 306 g/mol. The molecule has 2 aromatic carbocycles. The fourth-order valence-electron chi connectivity index (χ4n) is 2.68. The van der Waals surface area contributed by atoms with Gasteiger partial charge in [-0.05, 0) is 30.3 Å². The summed E-state index contributed by atoms with van der Waals surface area (Å²) in [5.74, 6) is 1.24. The normalized spacial score (nSPS) is 18.0. The third-order valence-electron chi connectivity index (χ3n) is 3.94. The van der Waals surface area contributed by atoms with Crippen molar-refractivity contribution in [2.75, 3.05) is 32.9 Å². The van der Waals surface area contributed by atoms with Crippen LogP contribution in [-0.4, -0.2) is 48.8 Å². The number of nitrogens with zero attached hydrogens (tertiary/aromatic N) is 1. The molecule has 5 heteroatoms. The second kappa shape index (κ2) is 7.95. The molecule has 1 atom stereocenters. The summed E-state index contributed by atoms with van der Waals surface area (Å²) in [7, 11) is 0. The standard InChI is InChI=1S/C19H21NO4/c21-13-15-12-20(9-10-23-14-15)19(22)16-5-4-8-18(11-16)24-17-6-2-1-3-7-17/h1-8,11,15,21H,9-10,12-14H2. The van der Waals surface area contributed by atoms with Crippen LogP contribution in [0, 0.1) is 5.92 Å². The van der Waals surface area contributed by atoms with E-state index in [1.54, 1.807) is 17.0 Å². The molecule has 0 aromatic heterocycles. The zero-order chi connectivity index (χ0) is 16.8. The number of ether oxygens (including phenoxy) is 2. The van der Waals surface area contributed by atoms with Gasteiger partial charge in [-0.1, -0.05) is 24.3 Å². The minimum Gasteiger partial charge on any atom is -0.457 e. The van der Waals surface area contributed by atoms with Crippen molar-refractivity contribution in [3.05, 3.63) is 60.2 Å². The highest BCUT2D eigenvalue weighted by molar-refractivity contribution is 5.94. The molecule has 2 aromatic rings. The van der Waals surface area contributed by atoms with Crippen LogP contribution in [0.15, 0.2) is 54.6 Å². The first-order valence-corrected chi connectivity index (χ1v) is 8.07. The molecule has 1 N–H and O–H groups in total. The number of carbonyl (C=O) groups is 1. The van der Waals surface area contributed by atoms with E-state index in [1.807, 2.05) is 42.5 Å². The van der Waals surface area contributed by atoms with Gasteiger partial charge >= 0.3 is 0 Å². The average Bonchev–Trinajstić information content (AvgIpc) is 2.88. The molecule has 0 radical (unpaired) electrons. The lowest BCUT2D eigenvalue weighted by Gasteiger charge is -2.23. The quantitative estimate of drug-likeness (QED) is 0.937. The van der Waals surface area contributed by atoms with E-state index in [9.17, 15) is 9.90 Å². The minimum absolute atomic E-state index is 0.0148. The van der Waals surface area contributed by atoms with Gasteiger partial charge < -0.3 is 19.5 Å². The summed E-state index contributed by atoms with van der Waals surface area (Å²) in [5, 5.41) is 9.36. The van der Waals surface area contributed by atoms with E-state index in [1.165, 1.54) is 0 Å². The zero-order valence-electron chi connectivity index (χ0n) is 13.4. The summed E-state index contributed by atoms with van der Waals surface area (Å²) >= 11 is 0. The molecule has 1 saturated heterocycles. The maximum Gasteiger partial charge on any atom is 0.254 e. The second-order valence-electron chi connectivity index (χ2n) is 5.82. The van der Waals surface area contributed by atoms with Crippen molar-refractivity contribution in [2.45, 2.75) is 0 Å². The first-order chi connectivity index (χ1) is 11.8. The summed E-state index contributed by atoms with van der Waals surface area (Å²) in [6, 6.07) is 16.6. The van der Waals surface area contributed by atoms with E-state index in [-0.39, 0.29) is 18.4 Å². The number of benzene rings is 2. The third kappa shape index (κ3) is 4.13. The van der Waals surface area contributed by atoms with Gasteiger partial charge in [-0.15, -0.1) is 0 Å². The van der Waals surface area contributed by atoms with Gasteiger partial charge in [-0.2, -0.15) is 0 Å². The van der Waals surface area contributed by atoms with Crippen LogP contribution in [0.25, 0.3) is 0 Å². The van der Waals surface area contributed by atoms with Crippen molar-refractivity contribution in [1.82, 2.24) is 4.90 Å². The van der Waals surface area contributed by atoms with Gasteiger partial charge in [0.2, 0.25) is 0 Å². The Kier molecular flexibility index (Phi) is 5.46. The third-order valence-corrected chi connectivity index (χ3v) is 3.94. The van der Waals surface area contributed by atoms with Crippen molar-refractivity contribution in [1.29, 1.82) is 0 Å². The monoisotopic (exact) mass is 327 g/mol. The van der Waals surface area contributed by atoms with Gasteiger partial charge in [0.1, 0.15) is 11.5 Å². The highest BCUT2D eigenvalue weighted by Gasteiger charge is 2.23. The fraction of sp³-hybridized carbons (Fsp3) is 0.316. The number of aliphatic hydroxyl groups is 1. The first-order valence-electron chi connectivity index (χ1n) is 8.07. The smallest absolute Gasteiger partial charge is 0.254 e. The number of hydrogen-bond donors (Lipinski definition) is 1. The number of hydrogen-bond acceptors (Lipinski definition) is 4. The van der Waals surface area contributed by atoms with E-state index >= 15 is 0 Å². The number of aliphatic hydroxyl groups excluding tert-OH is 1. The zero-order valence-corrected chi connectivity index (χ0v) is 13.4. The van der Waals surface area contributed by atoms with E-state index in [2.05, 4.69) is 0 Å². The van der Waals surface area contributed by atoms with Crippen molar-refractivity contribution in [3.63, 3.8) is 0 Å². The molecule has 1 fully saturated rings. The topological polar surface area (TPSA) is 59.0 Å². The van der Waals surface area contributed by atoms with Crippen LogP contribution in [0.3, 0.4) is 0 Å². The van der Waals surface area contributed by atoms with E-state index < -0.39 is 0 Å². The van der Waals surface area contributed by atoms with Crippen LogP contribution < -0.4 is 4.74 Å². The van der Waals surface area contributed by atoms with Crippen LogP contribution in [0.1, 0.15) is 10.4 Å². The van der Waals surface area contributed by atoms with Gasteiger partial charge in [-0.3, -0.25) is 4.79 Å². The van der Waals surface area contributed by atoms with E-state index in [0.29, 0.717) is 37.6 Å². The molecule has 1 unspecified atom stereocenters. The summed E-state index contributed by atoms with van der Waals surface area (Å²) in [6.07, 6.45) is 0. The first kappa shape index (κ1) is 16.5. The van der Waals surface area contributed by atoms with Gasteiger partial charge in [0.15, 0.2) is 0 Å². The lowest BCUT2D eigenvalue weighted by Crippen LogP contribution is -2.36. The molecule has 0 saturated carbocycles. The minimum atomic E-state index is -0.0718. The van der Waals surface area contributed by atoms with Crippen molar-refractivity contribution < 1.29 is 19.4 Å². The van der Waals surface area contributed by atoms with Crippen molar-refractivity contribution >= 4 is 5.91 Å². The molecule has 3 rings (SSSR count). The van der Waals surface area contributed by atoms with Gasteiger partial charge in [0.25, 0.3) is 5.91 Å². The fourth-order valence-corrected chi connectivity index (χ4v) is 2.68. The molecular formula is C19H21NO4. The molecule has 0 aliphatic carbocycles. The number of amides is 1. The Morgan fingerprint density at radius 3 is 2.75 bits per heavy atom. The van der Waals surface area contributed by atoms with Gasteiger partial charge in [0, 0.05) is 31.2 Å². The van der Waals surface area contributed by atoms with Crippen LogP contribution >= 0.6 is 0 Å². The van der Waals surface area contributed by atoms with Crippen molar-refractivity contribution in [3.8, 4) is 11.5 Å². The summed E-state index contributed by atoms with van der Waals surface area (Å²) in [5.41, 5.74) is 0.571. The predicted molar refractivity (Wildman–Crippen MR) is 90.3 cm³/mol. The average molecular weight is 327 g/mol. The van der Waals surface area contributed by atoms with E-state index in [4.69, 9.17) is 9.47 Å². The van der Waals surface area contributed by atoms with Crippen LogP contribution in [-0.2, 0) is 4.74 Å². The molecule has 1 aliphatic heterocycles. The summed E-state index contributed by atoms with van der Waals surface area (Å²) in [6.45, 7) is 2.01. The van der Waals surface area contributed by atoms with Gasteiger partial charge in [-0.25, -0.2) is 0 Å². The lowest BCUT2D eigenvalue weighted by molar-refractivity contribution is 0.0728. The van der Waals surface area contributed by atoms with E-state index in [0.717, 1.165) is 5.75 Å². The SMILES string of the molecule is O=C(c1cccc(Oc2ccccc2)c1)N1CCOCC(CO)C1. The van der Waals surface area contributed by atoms with Crippen LogP contribution in [0.2, 0.25) is 0 Å². The molecule has 126 valence electrons. The lowest BCUT2D eigenvalue weighted by atomic mass is 10.1. The van der Waals surface area contributed by atoms with Crippen LogP contribution in [0.5, 0.6) is 11.5 Å². The molecule has 0 bridgehead atoms. The summed E-state index contributed by atoms with van der Waals surface area (Å²) < 4.78 is 11.2. The van der Waals surface area contributed by atoms with Crippen molar-refractivity contribution in [2.24, 2.45) is 5.92 Å². The highest BCUT2D eigenvalue weighted by Crippen LogP contribution is 2.22. The molecule has 24 heavy (non-hydrogen) atoms. The largest absolute Gasteiger partial charge is 0.457 e. The Bertz CT molecular complexity index is 674. The van der Waals surface area contributed by atoms with Crippen LogP contribution in [0.4, 0.5) is 0 Å². The highest BCUT2D eigenvalue weighted by atomic mass is 16.5. The Morgan fingerprint density at radius 2 is 1.96 bits per heavy atom. The molecule has 1 amide bonds. The Hall–Kier alpha value is -2.37. The molecule has 1 aliphatic rings.